The van der Waals surface area contributed by atoms with Crippen molar-refractivity contribution in [2.75, 3.05) is 0 Å². The van der Waals surface area contributed by atoms with E-state index < -0.39 is 6.09 Å². The Hall–Kier alpha value is -1.71. The van der Waals surface area contributed by atoms with Crippen molar-refractivity contribution in [3.8, 4) is 5.75 Å². The summed E-state index contributed by atoms with van der Waals surface area (Å²) in [6, 6.07) is 5.86. The van der Waals surface area contributed by atoms with E-state index in [4.69, 9.17) is 9.84 Å². The molecule has 4 heteroatoms. The van der Waals surface area contributed by atoms with Gasteiger partial charge < -0.3 is 15.2 Å². The van der Waals surface area contributed by atoms with Gasteiger partial charge in [-0.1, -0.05) is 25.1 Å². The fraction of sp³-hybridized carbons (Fsp3) is 0.417. The second-order valence-electron chi connectivity index (χ2n) is 4.11. The minimum Gasteiger partial charge on any atom is -0.489 e. The monoisotopic (exact) mass is 221 g/mol. The first-order chi connectivity index (χ1) is 7.59. The summed E-state index contributed by atoms with van der Waals surface area (Å²) >= 11 is 0. The van der Waals surface area contributed by atoms with Gasteiger partial charge in [-0.3, -0.25) is 0 Å². The number of fused-ring (bicyclic) bond motifs is 1. The van der Waals surface area contributed by atoms with E-state index in [0.717, 1.165) is 16.9 Å². The first-order valence-electron chi connectivity index (χ1n) is 5.35. The lowest BCUT2D eigenvalue weighted by Crippen LogP contribution is -2.20. The van der Waals surface area contributed by atoms with Gasteiger partial charge in [0.1, 0.15) is 11.9 Å². The van der Waals surface area contributed by atoms with Crippen LogP contribution in [0.5, 0.6) is 5.75 Å². The van der Waals surface area contributed by atoms with Crippen molar-refractivity contribution >= 4 is 6.09 Å². The van der Waals surface area contributed by atoms with E-state index in [0.29, 0.717) is 5.92 Å². The number of para-hydroxylation sites is 1. The summed E-state index contributed by atoms with van der Waals surface area (Å²) in [5.41, 5.74) is 2.06. The molecule has 0 bridgehead atoms. The zero-order chi connectivity index (χ0) is 11.7. The smallest absolute Gasteiger partial charge is 0.404 e. The molecule has 86 valence electrons. The van der Waals surface area contributed by atoms with Crippen LogP contribution in [0.15, 0.2) is 18.2 Å². The van der Waals surface area contributed by atoms with Crippen LogP contribution in [0.25, 0.3) is 0 Å². The minimum absolute atomic E-state index is 0.154. The van der Waals surface area contributed by atoms with Crippen molar-refractivity contribution in [2.45, 2.75) is 32.4 Å². The molecule has 0 spiro atoms. The largest absolute Gasteiger partial charge is 0.489 e. The Morgan fingerprint density at radius 3 is 2.94 bits per heavy atom. The van der Waals surface area contributed by atoms with Crippen LogP contribution < -0.4 is 10.1 Å². The molecule has 0 aliphatic carbocycles. The first-order valence-corrected chi connectivity index (χ1v) is 5.35. The Morgan fingerprint density at radius 1 is 1.50 bits per heavy atom. The third-order valence-corrected chi connectivity index (χ3v) is 3.06. The lowest BCUT2D eigenvalue weighted by atomic mass is 9.97. The van der Waals surface area contributed by atoms with Crippen LogP contribution in [0.4, 0.5) is 4.79 Å². The Morgan fingerprint density at radius 2 is 2.25 bits per heavy atom. The van der Waals surface area contributed by atoms with Gasteiger partial charge in [0, 0.05) is 23.6 Å². The predicted molar refractivity (Wildman–Crippen MR) is 59.8 cm³/mol. The third kappa shape index (κ3) is 1.83. The maximum Gasteiger partial charge on any atom is 0.404 e. The van der Waals surface area contributed by atoms with Crippen molar-refractivity contribution in [1.82, 2.24) is 5.32 Å². The molecule has 1 aliphatic rings. The van der Waals surface area contributed by atoms with Gasteiger partial charge in [-0.15, -0.1) is 0 Å². The summed E-state index contributed by atoms with van der Waals surface area (Å²) in [5.74, 6) is 1.20. The highest BCUT2D eigenvalue weighted by atomic mass is 16.5. The van der Waals surface area contributed by atoms with Gasteiger partial charge in [-0.05, 0) is 6.92 Å². The molecule has 1 aromatic carbocycles. The molecule has 0 fully saturated rings. The highest BCUT2D eigenvalue weighted by Crippen LogP contribution is 2.40. The summed E-state index contributed by atoms with van der Waals surface area (Å²) in [4.78, 5) is 10.4. The van der Waals surface area contributed by atoms with E-state index in [1.165, 1.54) is 0 Å². The lowest BCUT2D eigenvalue weighted by Gasteiger charge is -2.09. The molecule has 0 aromatic heterocycles. The van der Waals surface area contributed by atoms with Crippen molar-refractivity contribution in [2.24, 2.45) is 0 Å². The van der Waals surface area contributed by atoms with Crippen molar-refractivity contribution in [1.29, 1.82) is 0 Å². The molecule has 2 N–H and O–H groups in total. The molecule has 2 rings (SSSR count). The summed E-state index contributed by atoms with van der Waals surface area (Å²) in [6.07, 6.45) is -0.863. The van der Waals surface area contributed by atoms with Gasteiger partial charge in [0.25, 0.3) is 0 Å². The number of nitrogens with one attached hydrogen (secondary N) is 1. The van der Waals surface area contributed by atoms with Crippen molar-refractivity contribution < 1.29 is 14.6 Å². The highest BCUT2D eigenvalue weighted by Gasteiger charge is 2.28. The summed E-state index contributed by atoms with van der Waals surface area (Å²) in [6.45, 7) is 4.43. The van der Waals surface area contributed by atoms with Gasteiger partial charge in [0.15, 0.2) is 0 Å². The molecule has 0 saturated heterocycles. The molecule has 1 aliphatic heterocycles. The summed E-state index contributed by atoms with van der Waals surface area (Å²) < 4.78 is 5.75. The summed E-state index contributed by atoms with van der Waals surface area (Å²) in [5, 5.41) is 10.9. The average Bonchev–Trinajstić information content (AvgIpc) is 2.53. The van der Waals surface area contributed by atoms with Crippen LogP contribution >= 0.6 is 0 Å². The quantitative estimate of drug-likeness (QED) is 0.805. The lowest BCUT2D eigenvalue weighted by molar-refractivity contribution is 0.193. The number of hydrogen-bond acceptors (Lipinski definition) is 2. The van der Waals surface area contributed by atoms with E-state index in [-0.39, 0.29) is 12.6 Å². The SMILES string of the molecule is CC1Oc2c(CNC(=O)O)cccc2C1C. The topological polar surface area (TPSA) is 58.6 Å². The molecule has 1 amide bonds. The molecular weight excluding hydrogens is 206 g/mol. The molecule has 0 radical (unpaired) electrons. The van der Waals surface area contributed by atoms with Gasteiger partial charge in [-0.25, -0.2) is 4.79 Å². The van der Waals surface area contributed by atoms with Crippen LogP contribution in [0.3, 0.4) is 0 Å². The van der Waals surface area contributed by atoms with E-state index in [1.54, 1.807) is 0 Å². The second-order valence-corrected chi connectivity index (χ2v) is 4.11. The van der Waals surface area contributed by atoms with E-state index in [1.807, 2.05) is 25.1 Å². The van der Waals surface area contributed by atoms with E-state index in [9.17, 15) is 4.79 Å². The standard InChI is InChI=1S/C12H15NO3/c1-7-8(2)16-11-9(6-13-12(14)15)4-3-5-10(7)11/h3-5,7-8,13H,6H2,1-2H3,(H,14,15). The Bertz CT molecular complexity index is 417. The summed E-state index contributed by atoms with van der Waals surface area (Å²) in [7, 11) is 0. The number of carbonyl (C=O) groups is 1. The highest BCUT2D eigenvalue weighted by molar-refractivity contribution is 5.64. The van der Waals surface area contributed by atoms with Gasteiger partial charge in [0.2, 0.25) is 0 Å². The van der Waals surface area contributed by atoms with Crippen LogP contribution in [0, 0.1) is 0 Å². The molecule has 16 heavy (non-hydrogen) atoms. The number of ether oxygens (including phenoxy) is 1. The van der Waals surface area contributed by atoms with Gasteiger partial charge in [0.05, 0.1) is 0 Å². The molecule has 2 atom stereocenters. The molecule has 2 unspecified atom stereocenters. The average molecular weight is 221 g/mol. The zero-order valence-electron chi connectivity index (χ0n) is 9.36. The van der Waals surface area contributed by atoms with E-state index >= 15 is 0 Å². The maximum absolute atomic E-state index is 10.4. The van der Waals surface area contributed by atoms with Crippen molar-refractivity contribution in [3.63, 3.8) is 0 Å². The third-order valence-electron chi connectivity index (χ3n) is 3.06. The Balaban J connectivity index is 2.25. The number of carboxylic acid groups (broad SMARTS) is 1. The predicted octanol–water partition coefficient (Wildman–Crippen LogP) is 2.34. The Labute approximate surface area is 94.2 Å². The molecule has 4 nitrogen and oxygen atoms in total. The fourth-order valence-electron chi connectivity index (χ4n) is 1.96. The van der Waals surface area contributed by atoms with Crippen LogP contribution in [0.1, 0.15) is 30.9 Å². The maximum atomic E-state index is 10.4. The normalized spacial score (nSPS) is 22.4. The van der Waals surface area contributed by atoms with Crippen LogP contribution in [-0.2, 0) is 6.54 Å². The first kappa shape index (κ1) is 10.8. The number of benzene rings is 1. The zero-order valence-corrected chi connectivity index (χ0v) is 9.36. The minimum atomic E-state index is -1.02. The van der Waals surface area contributed by atoms with Crippen LogP contribution in [0.2, 0.25) is 0 Å². The Kier molecular flexibility index (Phi) is 2.73. The number of rotatable bonds is 2. The number of amides is 1. The molecule has 1 aromatic rings. The second kappa shape index (κ2) is 4.04. The molecule has 0 saturated carbocycles. The fourth-order valence-corrected chi connectivity index (χ4v) is 1.96. The van der Waals surface area contributed by atoms with Crippen LogP contribution in [-0.4, -0.2) is 17.3 Å². The number of hydrogen-bond donors (Lipinski definition) is 2. The molecule has 1 heterocycles. The van der Waals surface area contributed by atoms with Gasteiger partial charge >= 0.3 is 6.09 Å². The molecular formula is C12H15NO3. The van der Waals surface area contributed by atoms with Crippen molar-refractivity contribution in [3.05, 3.63) is 29.3 Å². The van der Waals surface area contributed by atoms with E-state index in [2.05, 4.69) is 12.2 Å². The van der Waals surface area contributed by atoms with Gasteiger partial charge in [-0.2, -0.15) is 0 Å².